The Kier molecular flexibility index (Phi) is 5.91. The molecule has 0 bridgehead atoms. The van der Waals surface area contributed by atoms with Gasteiger partial charge in [-0.1, -0.05) is 6.07 Å². The van der Waals surface area contributed by atoms with Crippen molar-refractivity contribution in [2.45, 2.75) is 26.2 Å². The lowest BCUT2D eigenvalue weighted by Crippen LogP contribution is -2.00. The Labute approximate surface area is 156 Å². The third-order valence-corrected chi connectivity index (χ3v) is 4.81. The van der Waals surface area contributed by atoms with Crippen molar-refractivity contribution in [2.75, 3.05) is 12.4 Å². The Morgan fingerprint density at radius 1 is 1.23 bits per heavy atom. The van der Waals surface area contributed by atoms with Crippen molar-refractivity contribution in [1.82, 2.24) is 15.0 Å². The number of anilines is 2. The second-order valence-electron chi connectivity index (χ2n) is 5.80. The first-order valence-corrected chi connectivity index (χ1v) is 9.14. The van der Waals surface area contributed by atoms with Gasteiger partial charge in [0.1, 0.15) is 11.6 Å². The van der Waals surface area contributed by atoms with Crippen LogP contribution in [0, 0.1) is 6.92 Å². The summed E-state index contributed by atoms with van der Waals surface area (Å²) in [5, 5.41) is 4.22. The molecule has 0 aliphatic rings. The summed E-state index contributed by atoms with van der Waals surface area (Å²) in [4.78, 5) is 25.6. The van der Waals surface area contributed by atoms with Crippen molar-refractivity contribution in [3.8, 4) is 10.6 Å². The number of nitrogens with zero attached hydrogens (tertiary/aromatic N) is 3. The number of nitrogens with one attached hydrogen (secondary N) is 1. The van der Waals surface area contributed by atoms with E-state index in [1.54, 1.807) is 17.5 Å². The van der Waals surface area contributed by atoms with Gasteiger partial charge in [0, 0.05) is 18.8 Å². The summed E-state index contributed by atoms with van der Waals surface area (Å²) < 4.78 is 4.65. The van der Waals surface area contributed by atoms with Gasteiger partial charge >= 0.3 is 5.97 Å². The lowest BCUT2D eigenvalue weighted by Gasteiger charge is -2.06. The zero-order valence-electron chi connectivity index (χ0n) is 14.7. The highest BCUT2D eigenvalue weighted by Crippen LogP contribution is 2.27. The summed E-state index contributed by atoms with van der Waals surface area (Å²) in [5.41, 5.74) is 2.00. The summed E-state index contributed by atoms with van der Waals surface area (Å²) in [6, 6.07) is 9.75. The van der Waals surface area contributed by atoms with Crippen LogP contribution < -0.4 is 5.32 Å². The minimum atomic E-state index is -0.188. The number of thiazole rings is 1. The number of carbonyl (C=O) groups excluding carboxylic acids is 1. The van der Waals surface area contributed by atoms with Gasteiger partial charge in [-0.15, -0.1) is 11.3 Å². The van der Waals surface area contributed by atoms with Crippen LogP contribution in [0.15, 0.2) is 42.7 Å². The van der Waals surface area contributed by atoms with E-state index >= 15 is 0 Å². The van der Waals surface area contributed by atoms with Gasteiger partial charge in [-0.2, -0.15) is 0 Å². The molecule has 26 heavy (non-hydrogen) atoms. The number of hydrogen-bond acceptors (Lipinski definition) is 7. The summed E-state index contributed by atoms with van der Waals surface area (Å²) in [7, 11) is 1.41. The van der Waals surface area contributed by atoms with Gasteiger partial charge in [-0.3, -0.25) is 4.79 Å². The van der Waals surface area contributed by atoms with E-state index in [2.05, 4.69) is 25.0 Å². The number of carbonyl (C=O) groups is 1. The number of hydrogen-bond donors (Lipinski definition) is 1. The van der Waals surface area contributed by atoms with E-state index in [0.29, 0.717) is 6.42 Å². The summed E-state index contributed by atoms with van der Waals surface area (Å²) >= 11 is 1.59. The highest BCUT2D eigenvalue weighted by atomic mass is 32.1. The number of esters is 1. The first-order chi connectivity index (χ1) is 12.6. The highest BCUT2D eigenvalue weighted by molar-refractivity contribution is 7.15. The maximum absolute atomic E-state index is 11.2. The van der Waals surface area contributed by atoms with Crippen molar-refractivity contribution in [3.63, 3.8) is 0 Å². The molecule has 0 radical (unpaired) electrons. The number of rotatable bonds is 7. The van der Waals surface area contributed by atoms with Gasteiger partial charge in [-0.05, 0) is 49.6 Å². The first kappa shape index (κ1) is 18.0. The van der Waals surface area contributed by atoms with Crippen molar-refractivity contribution in [2.24, 2.45) is 0 Å². The number of pyridine rings is 2. The van der Waals surface area contributed by atoms with E-state index in [0.717, 1.165) is 45.6 Å². The molecule has 0 aliphatic heterocycles. The molecule has 3 aromatic rings. The van der Waals surface area contributed by atoms with Crippen LogP contribution in [0.3, 0.4) is 0 Å². The fourth-order valence-electron chi connectivity index (χ4n) is 2.41. The molecule has 0 saturated heterocycles. The molecule has 0 fully saturated rings. The van der Waals surface area contributed by atoms with Crippen LogP contribution in [0.2, 0.25) is 0 Å². The molecule has 0 aromatic carbocycles. The smallest absolute Gasteiger partial charge is 0.305 e. The Balaban J connectivity index is 1.67. The number of aromatic nitrogens is 3. The topological polar surface area (TPSA) is 77.0 Å². The first-order valence-electron chi connectivity index (χ1n) is 8.32. The van der Waals surface area contributed by atoms with Crippen LogP contribution in [0.1, 0.15) is 23.4 Å². The van der Waals surface area contributed by atoms with Crippen LogP contribution in [-0.4, -0.2) is 28.0 Å². The van der Waals surface area contributed by atoms with E-state index < -0.39 is 0 Å². The molecule has 3 rings (SSSR count). The van der Waals surface area contributed by atoms with E-state index in [4.69, 9.17) is 0 Å². The number of ether oxygens (including phenoxy) is 1. The lowest BCUT2D eigenvalue weighted by molar-refractivity contribution is -0.140. The van der Waals surface area contributed by atoms with E-state index in [1.807, 2.05) is 43.5 Å². The maximum Gasteiger partial charge on any atom is 0.305 e. The van der Waals surface area contributed by atoms with Gasteiger partial charge in [0.2, 0.25) is 0 Å². The molecule has 0 spiro atoms. The minimum Gasteiger partial charge on any atom is -0.469 e. The zero-order valence-corrected chi connectivity index (χ0v) is 15.5. The maximum atomic E-state index is 11.2. The third kappa shape index (κ3) is 4.86. The zero-order chi connectivity index (χ0) is 18.4. The highest BCUT2D eigenvalue weighted by Gasteiger charge is 2.08. The third-order valence-electron chi connectivity index (χ3n) is 3.73. The Bertz CT molecular complexity index is 895. The number of aryl methyl sites for hydroxylation is 2. The second kappa shape index (κ2) is 8.53. The number of methoxy groups -OCH3 is 1. The largest absolute Gasteiger partial charge is 0.469 e. The summed E-state index contributed by atoms with van der Waals surface area (Å²) in [5.74, 6) is 1.32. The van der Waals surface area contributed by atoms with Gasteiger partial charge in [-0.25, -0.2) is 15.0 Å². The predicted octanol–water partition coefficient (Wildman–Crippen LogP) is 4.15. The van der Waals surface area contributed by atoms with E-state index in [1.165, 1.54) is 7.11 Å². The molecule has 0 saturated carbocycles. The normalized spacial score (nSPS) is 10.5. The summed E-state index contributed by atoms with van der Waals surface area (Å²) in [6.07, 6.45) is 5.49. The van der Waals surface area contributed by atoms with Crippen LogP contribution in [0.5, 0.6) is 0 Å². The molecule has 1 N–H and O–H groups in total. The van der Waals surface area contributed by atoms with Crippen molar-refractivity contribution in [1.29, 1.82) is 0 Å². The van der Waals surface area contributed by atoms with Crippen molar-refractivity contribution >= 4 is 28.9 Å². The predicted molar refractivity (Wildman–Crippen MR) is 103 cm³/mol. The van der Waals surface area contributed by atoms with E-state index in [-0.39, 0.29) is 5.97 Å². The SMILES string of the molecule is COC(=O)CCCc1ncc(-c2cccc(Nc3cc(C)ccn3)n2)s1. The average molecular weight is 368 g/mol. The molecular weight excluding hydrogens is 348 g/mol. The van der Waals surface area contributed by atoms with Gasteiger partial charge in [0.05, 0.1) is 22.7 Å². The quantitative estimate of drug-likeness (QED) is 0.631. The van der Waals surface area contributed by atoms with E-state index in [9.17, 15) is 4.79 Å². The van der Waals surface area contributed by atoms with Crippen LogP contribution in [0.4, 0.5) is 11.6 Å². The molecule has 6 nitrogen and oxygen atoms in total. The van der Waals surface area contributed by atoms with Crippen LogP contribution >= 0.6 is 11.3 Å². The second-order valence-corrected chi connectivity index (χ2v) is 6.91. The Morgan fingerprint density at radius 2 is 2.12 bits per heavy atom. The standard InChI is InChI=1S/C19H20N4O2S/c1-13-9-10-20-17(11-13)23-16-6-3-5-14(22-16)15-12-21-18(26-15)7-4-8-19(24)25-2/h3,5-6,9-12H,4,7-8H2,1-2H3,(H,20,22,23). The Hall–Kier alpha value is -2.80. The van der Waals surface area contributed by atoms with Crippen molar-refractivity contribution < 1.29 is 9.53 Å². The average Bonchev–Trinajstić information content (AvgIpc) is 3.11. The fourth-order valence-corrected chi connectivity index (χ4v) is 3.34. The molecule has 3 aromatic heterocycles. The fraction of sp³-hybridized carbons (Fsp3) is 0.263. The van der Waals surface area contributed by atoms with Crippen molar-refractivity contribution in [3.05, 3.63) is 53.3 Å². The molecule has 134 valence electrons. The molecule has 7 heteroatoms. The minimum absolute atomic E-state index is 0.188. The molecule has 0 amide bonds. The Morgan fingerprint density at radius 3 is 2.92 bits per heavy atom. The van der Waals surface area contributed by atoms with Crippen LogP contribution in [-0.2, 0) is 16.0 Å². The lowest BCUT2D eigenvalue weighted by atomic mass is 10.2. The molecule has 3 heterocycles. The monoisotopic (exact) mass is 368 g/mol. The van der Waals surface area contributed by atoms with Crippen LogP contribution in [0.25, 0.3) is 10.6 Å². The van der Waals surface area contributed by atoms with Gasteiger partial charge in [0.25, 0.3) is 0 Å². The van der Waals surface area contributed by atoms with Gasteiger partial charge < -0.3 is 10.1 Å². The molecule has 0 atom stereocenters. The molecular formula is C19H20N4O2S. The molecule has 0 aliphatic carbocycles. The summed E-state index contributed by atoms with van der Waals surface area (Å²) in [6.45, 7) is 2.02. The molecule has 0 unspecified atom stereocenters. The van der Waals surface area contributed by atoms with Gasteiger partial charge in [0.15, 0.2) is 0 Å².